The average Bonchev–Trinajstić information content (AvgIpc) is 3.08. The molecule has 1 atom stereocenters. The zero-order valence-corrected chi connectivity index (χ0v) is 21.1. The van der Waals surface area contributed by atoms with E-state index in [-0.39, 0.29) is 11.4 Å². The first-order valence-corrected chi connectivity index (χ1v) is 12.2. The molecule has 2 aromatic rings. The lowest BCUT2D eigenvalue weighted by Crippen LogP contribution is -2.33. The van der Waals surface area contributed by atoms with E-state index in [0.29, 0.717) is 31.2 Å². The van der Waals surface area contributed by atoms with Gasteiger partial charge in [0.15, 0.2) is 11.5 Å². The van der Waals surface area contributed by atoms with Gasteiger partial charge in [-0.25, -0.2) is 0 Å². The van der Waals surface area contributed by atoms with Crippen LogP contribution in [0.1, 0.15) is 43.9 Å². The van der Waals surface area contributed by atoms with Crippen LogP contribution in [-0.4, -0.2) is 60.4 Å². The van der Waals surface area contributed by atoms with Crippen molar-refractivity contribution in [2.45, 2.75) is 32.7 Å². The number of hydrogen-bond donors (Lipinski definition) is 1. The molecule has 186 valence electrons. The number of rotatable bonds is 12. The fourth-order valence-electron chi connectivity index (χ4n) is 4.05. The number of ether oxygens (including phenoxy) is 1. The van der Waals surface area contributed by atoms with Gasteiger partial charge in [0.2, 0.25) is 0 Å². The molecular formula is C29H36N2O4. The summed E-state index contributed by atoms with van der Waals surface area (Å²) >= 11 is 0. The summed E-state index contributed by atoms with van der Waals surface area (Å²) < 4.78 is 5.93. The summed E-state index contributed by atoms with van der Waals surface area (Å²) in [4.78, 5) is 30.0. The van der Waals surface area contributed by atoms with Crippen LogP contribution in [0.3, 0.4) is 0 Å². The average molecular weight is 477 g/mol. The van der Waals surface area contributed by atoms with E-state index < -0.39 is 17.7 Å². The third-order valence-corrected chi connectivity index (χ3v) is 5.94. The van der Waals surface area contributed by atoms with Crippen molar-refractivity contribution in [2.24, 2.45) is 5.92 Å². The van der Waals surface area contributed by atoms with Gasteiger partial charge in [0.1, 0.15) is 5.75 Å². The summed E-state index contributed by atoms with van der Waals surface area (Å²) in [6.45, 7) is 6.08. The molecule has 1 amide bonds. The predicted molar refractivity (Wildman–Crippen MR) is 139 cm³/mol. The van der Waals surface area contributed by atoms with Crippen LogP contribution in [0.2, 0.25) is 0 Å². The minimum Gasteiger partial charge on any atom is -0.503 e. The number of aliphatic hydroxyl groups is 1. The van der Waals surface area contributed by atoms with E-state index >= 15 is 0 Å². The quantitative estimate of drug-likeness (QED) is 0.435. The number of carbonyl (C=O) groups excluding carboxylic acids is 2. The smallest absolute Gasteiger partial charge is 0.290 e. The molecule has 0 aliphatic carbocycles. The molecule has 6 nitrogen and oxygen atoms in total. The SMILES string of the molecule is CC(C)CCOc1cccc(C2C(C(=O)C=Cc3ccccc3)=C(O)C(=O)N2CCCN(C)C)c1. The Bertz CT molecular complexity index is 1070. The number of benzene rings is 2. The fraction of sp³-hybridized carbons (Fsp3) is 0.379. The van der Waals surface area contributed by atoms with Gasteiger partial charge in [0.05, 0.1) is 18.2 Å². The van der Waals surface area contributed by atoms with Gasteiger partial charge in [-0.15, -0.1) is 0 Å². The zero-order chi connectivity index (χ0) is 25.4. The second kappa shape index (κ2) is 12.4. The highest BCUT2D eigenvalue weighted by Gasteiger charge is 2.42. The lowest BCUT2D eigenvalue weighted by atomic mass is 9.95. The van der Waals surface area contributed by atoms with Crippen LogP contribution in [0.15, 0.2) is 72.0 Å². The molecule has 0 aromatic heterocycles. The number of nitrogens with zero attached hydrogens (tertiary/aromatic N) is 2. The molecule has 0 radical (unpaired) electrons. The van der Waals surface area contributed by atoms with Gasteiger partial charge in [-0.2, -0.15) is 0 Å². The van der Waals surface area contributed by atoms with E-state index in [1.807, 2.05) is 73.6 Å². The number of ketones is 1. The summed E-state index contributed by atoms with van der Waals surface area (Å²) in [5.74, 6) is -0.170. The summed E-state index contributed by atoms with van der Waals surface area (Å²) in [5.41, 5.74) is 1.71. The summed E-state index contributed by atoms with van der Waals surface area (Å²) in [6, 6.07) is 16.3. The van der Waals surface area contributed by atoms with E-state index in [9.17, 15) is 14.7 Å². The molecule has 0 saturated heterocycles. The molecule has 0 bridgehead atoms. The van der Waals surface area contributed by atoms with Crippen LogP contribution < -0.4 is 4.74 Å². The van der Waals surface area contributed by atoms with Crippen LogP contribution >= 0.6 is 0 Å². The van der Waals surface area contributed by atoms with E-state index in [1.54, 1.807) is 11.0 Å². The second-order valence-corrected chi connectivity index (χ2v) is 9.53. The highest BCUT2D eigenvalue weighted by atomic mass is 16.5. The molecule has 35 heavy (non-hydrogen) atoms. The lowest BCUT2D eigenvalue weighted by molar-refractivity contribution is -0.129. The van der Waals surface area contributed by atoms with Crippen LogP contribution in [0.25, 0.3) is 6.08 Å². The normalized spacial score (nSPS) is 16.2. The van der Waals surface area contributed by atoms with Crippen LogP contribution in [-0.2, 0) is 9.59 Å². The maximum Gasteiger partial charge on any atom is 0.290 e. The molecule has 3 rings (SSSR count). The molecule has 2 aromatic carbocycles. The van der Waals surface area contributed by atoms with Gasteiger partial charge in [0.25, 0.3) is 5.91 Å². The summed E-state index contributed by atoms with van der Waals surface area (Å²) in [5, 5.41) is 10.8. The van der Waals surface area contributed by atoms with E-state index in [0.717, 1.165) is 24.1 Å². The van der Waals surface area contributed by atoms with Crippen molar-refractivity contribution in [2.75, 3.05) is 33.8 Å². The van der Waals surface area contributed by atoms with Crippen LogP contribution in [0.4, 0.5) is 0 Å². The highest BCUT2D eigenvalue weighted by Crippen LogP contribution is 2.39. The maximum absolute atomic E-state index is 13.3. The Kier molecular flexibility index (Phi) is 9.26. The van der Waals surface area contributed by atoms with Crippen molar-refractivity contribution in [1.82, 2.24) is 9.80 Å². The Labute approximate surface area is 208 Å². The molecule has 0 spiro atoms. The van der Waals surface area contributed by atoms with Crippen molar-refractivity contribution in [3.63, 3.8) is 0 Å². The summed E-state index contributed by atoms with van der Waals surface area (Å²) in [7, 11) is 3.95. The standard InChI is InChI=1S/C29H36N2O4/c1-21(2)16-19-35-24-13-8-12-23(20-24)27-26(25(32)15-14-22-10-6-5-7-11-22)28(33)29(34)31(27)18-9-17-30(3)4/h5-8,10-15,20-21,27,33H,9,16-19H2,1-4H3. The number of amides is 1. The predicted octanol–water partition coefficient (Wildman–Crippen LogP) is 5.04. The Morgan fingerprint density at radius 1 is 1.14 bits per heavy atom. The van der Waals surface area contributed by atoms with Gasteiger partial charge in [-0.3, -0.25) is 9.59 Å². The van der Waals surface area contributed by atoms with Crippen molar-refractivity contribution < 1.29 is 19.4 Å². The minimum atomic E-state index is -0.675. The molecule has 0 fully saturated rings. The Morgan fingerprint density at radius 3 is 2.57 bits per heavy atom. The molecule has 1 aliphatic heterocycles. The van der Waals surface area contributed by atoms with E-state index in [1.165, 1.54) is 6.08 Å². The minimum absolute atomic E-state index is 0.103. The second-order valence-electron chi connectivity index (χ2n) is 9.53. The Morgan fingerprint density at radius 2 is 1.89 bits per heavy atom. The van der Waals surface area contributed by atoms with Gasteiger partial charge in [-0.05, 0) is 68.7 Å². The first-order chi connectivity index (χ1) is 16.8. The first-order valence-electron chi connectivity index (χ1n) is 12.2. The Hall–Kier alpha value is -3.38. The summed E-state index contributed by atoms with van der Waals surface area (Å²) in [6.07, 6.45) is 4.77. The monoisotopic (exact) mass is 476 g/mol. The van der Waals surface area contributed by atoms with Gasteiger partial charge < -0.3 is 19.6 Å². The van der Waals surface area contributed by atoms with Crippen LogP contribution in [0, 0.1) is 5.92 Å². The molecule has 1 heterocycles. The molecule has 0 saturated carbocycles. The number of hydrogen-bond acceptors (Lipinski definition) is 5. The number of allylic oxidation sites excluding steroid dienone is 1. The largest absolute Gasteiger partial charge is 0.503 e. The van der Waals surface area contributed by atoms with Gasteiger partial charge in [-0.1, -0.05) is 62.4 Å². The van der Waals surface area contributed by atoms with Gasteiger partial charge in [0, 0.05) is 6.54 Å². The number of carbonyl (C=O) groups is 2. The topological polar surface area (TPSA) is 70.1 Å². The lowest BCUT2D eigenvalue weighted by Gasteiger charge is -2.27. The maximum atomic E-state index is 13.3. The molecule has 1 unspecified atom stereocenters. The first kappa shape index (κ1) is 26.2. The Balaban J connectivity index is 1.92. The molecule has 6 heteroatoms. The molecule has 1 N–H and O–H groups in total. The van der Waals surface area contributed by atoms with Crippen molar-refractivity contribution in [1.29, 1.82) is 0 Å². The van der Waals surface area contributed by atoms with Crippen molar-refractivity contribution in [3.05, 3.63) is 83.1 Å². The van der Waals surface area contributed by atoms with E-state index in [2.05, 4.69) is 13.8 Å². The highest BCUT2D eigenvalue weighted by molar-refractivity contribution is 6.14. The van der Waals surface area contributed by atoms with Crippen molar-refractivity contribution >= 4 is 17.8 Å². The third-order valence-electron chi connectivity index (χ3n) is 5.94. The molecular weight excluding hydrogens is 440 g/mol. The third kappa shape index (κ3) is 7.06. The zero-order valence-electron chi connectivity index (χ0n) is 21.1. The van der Waals surface area contributed by atoms with Crippen molar-refractivity contribution in [3.8, 4) is 5.75 Å². The molecule has 1 aliphatic rings. The fourth-order valence-corrected chi connectivity index (χ4v) is 4.05. The number of aliphatic hydroxyl groups excluding tert-OH is 1. The van der Waals surface area contributed by atoms with E-state index in [4.69, 9.17) is 4.74 Å². The van der Waals surface area contributed by atoms with Crippen LogP contribution in [0.5, 0.6) is 5.75 Å². The van der Waals surface area contributed by atoms with Gasteiger partial charge >= 0.3 is 0 Å².